The molecule has 3 aromatic rings. The second kappa shape index (κ2) is 7.82. The van der Waals surface area contributed by atoms with E-state index in [2.05, 4.69) is 10.5 Å². The Morgan fingerprint density at radius 2 is 1.89 bits per heavy atom. The van der Waals surface area contributed by atoms with Gasteiger partial charge >= 0.3 is 0 Å². The van der Waals surface area contributed by atoms with Gasteiger partial charge in [0.05, 0.1) is 11.9 Å². The summed E-state index contributed by atoms with van der Waals surface area (Å²) in [6.45, 7) is 1.76. The molecule has 28 heavy (non-hydrogen) atoms. The van der Waals surface area contributed by atoms with Gasteiger partial charge < -0.3 is 15.6 Å². The van der Waals surface area contributed by atoms with Crippen LogP contribution in [0.4, 0.5) is 0 Å². The molecule has 0 bridgehead atoms. The van der Waals surface area contributed by atoms with Crippen molar-refractivity contribution in [2.45, 2.75) is 18.9 Å². The van der Waals surface area contributed by atoms with Crippen molar-refractivity contribution in [1.82, 2.24) is 15.4 Å². The molecule has 1 fully saturated rings. The molecule has 7 nitrogen and oxygen atoms in total. The fourth-order valence-electron chi connectivity index (χ4n) is 3.61. The van der Waals surface area contributed by atoms with Crippen LogP contribution in [0, 0.1) is 0 Å². The monoisotopic (exact) mass is 378 g/mol. The number of rotatable bonds is 5. The van der Waals surface area contributed by atoms with Gasteiger partial charge in [0.2, 0.25) is 5.91 Å². The minimum Gasteiger partial charge on any atom is -0.369 e. The van der Waals surface area contributed by atoms with E-state index in [9.17, 15) is 9.59 Å². The van der Waals surface area contributed by atoms with Crippen LogP contribution in [0.15, 0.2) is 53.1 Å². The van der Waals surface area contributed by atoms with Crippen molar-refractivity contribution in [2.75, 3.05) is 19.6 Å². The first-order valence-corrected chi connectivity index (χ1v) is 9.36. The van der Waals surface area contributed by atoms with E-state index in [4.69, 9.17) is 10.3 Å². The van der Waals surface area contributed by atoms with Crippen molar-refractivity contribution >= 4 is 22.7 Å². The van der Waals surface area contributed by atoms with E-state index in [1.807, 2.05) is 41.3 Å². The number of nitrogens with one attached hydrogen (secondary N) is 1. The summed E-state index contributed by atoms with van der Waals surface area (Å²) in [5, 5.41) is 8.00. The van der Waals surface area contributed by atoms with Gasteiger partial charge in [-0.25, -0.2) is 0 Å². The third-order valence-electron chi connectivity index (χ3n) is 5.08. The number of piperidine rings is 1. The third-order valence-corrected chi connectivity index (χ3v) is 5.08. The van der Waals surface area contributed by atoms with Crippen LogP contribution in [-0.4, -0.2) is 47.5 Å². The molecule has 3 N–H and O–H groups in total. The number of hydrogen-bond donors (Lipinski definition) is 2. The van der Waals surface area contributed by atoms with Gasteiger partial charge in [0.15, 0.2) is 5.76 Å². The standard InChI is InChI=1S/C21H22N4O3/c22-19(26)13-25-10-8-16(9-11-25)23-21(27)15-6-7-18-17(12-15)20(28-24-18)14-4-2-1-3-5-14/h1-7,12,16H,8-11,13H2,(H2,22,26)(H,23,27). The van der Waals surface area contributed by atoms with Crippen molar-refractivity contribution in [1.29, 1.82) is 0 Å². The molecular formula is C21H22N4O3. The minimum atomic E-state index is -0.321. The maximum absolute atomic E-state index is 12.7. The zero-order valence-electron chi connectivity index (χ0n) is 15.4. The van der Waals surface area contributed by atoms with Gasteiger partial charge in [0.1, 0.15) is 5.52 Å². The number of fused-ring (bicyclic) bond motifs is 1. The lowest BCUT2D eigenvalue weighted by atomic mass is 10.0. The summed E-state index contributed by atoms with van der Waals surface area (Å²) < 4.78 is 5.50. The number of carbonyl (C=O) groups is 2. The zero-order chi connectivity index (χ0) is 19.5. The molecule has 0 spiro atoms. The number of hydrogen-bond acceptors (Lipinski definition) is 5. The van der Waals surface area contributed by atoms with E-state index in [0.717, 1.165) is 42.4 Å². The smallest absolute Gasteiger partial charge is 0.251 e. The van der Waals surface area contributed by atoms with E-state index >= 15 is 0 Å². The fraction of sp³-hybridized carbons (Fsp3) is 0.286. The minimum absolute atomic E-state index is 0.0865. The Balaban J connectivity index is 1.47. The normalized spacial score (nSPS) is 15.6. The highest BCUT2D eigenvalue weighted by molar-refractivity contribution is 6.01. The van der Waals surface area contributed by atoms with Crippen LogP contribution in [0.2, 0.25) is 0 Å². The molecule has 1 aliphatic heterocycles. The Morgan fingerprint density at radius 3 is 2.61 bits per heavy atom. The summed E-state index contributed by atoms with van der Waals surface area (Å²) in [5.74, 6) is 0.221. The molecule has 1 aromatic heterocycles. The van der Waals surface area contributed by atoms with Crippen molar-refractivity contribution < 1.29 is 14.1 Å². The molecule has 0 radical (unpaired) electrons. The summed E-state index contributed by atoms with van der Waals surface area (Å²) in [5.41, 5.74) is 7.46. The molecule has 144 valence electrons. The number of likely N-dealkylation sites (tertiary alicyclic amines) is 1. The van der Waals surface area contributed by atoms with Crippen LogP contribution in [0.3, 0.4) is 0 Å². The molecule has 2 aromatic carbocycles. The molecule has 7 heteroatoms. The first kappa shape index (κ1) is 18.2. The van der Waals surface area contributed by atoms with E-state index in [1.165, 1.54) is 0 Å². The molecule has 2 heterocycles. The summed E-state index contributed by atoms with van der Waals surface area (Å²) in [4.78, 5) is 25.8. The molecule has 4 rings (SSSR count). The second-order valence-electron chi connectivity index (χ2n) is 7.10. The highest BCUT2D eigenvalue weighted by Crippen LogP contribution is 2.29. The summed E-state index contributed by atoms with van der Waals surface area (Å²) >= 11 is 0. The Morgan fingerprint density at radius 1 is 1.14 bits per heavy atom. The van der Waals surface area contributed by atoms with Crippen LogP contribution < -0.4 is 11.1 Å². The van der Waals surface area contributed by atoms with Crippen molar-refractivity contribution in [3.8, 4) is 11.3 Å². The van der Waals surface area contributed by atoms with E-state index in [-0.39, 0.29) is 24.4 Å². The molecule has 0 atom stereocenters. The first-order chi connectivity index (χ1) is 13.6. The molecule has 0 aliphatic carbocycles. The van der Waals surface area contributed by atoms with Crippen LogP contribution in [-0.2, 0) is 4.79 Å². The van der Waals surface area contributed by atoms with E-state index in [0.29, 0.717) is 11.3 Å². The van der Waals surface area contributed by atoms with Crippen LogP contribution in [0.5, 0.6) is 0 Å². The highest BCUT2D eigenvalue weighted by Gasteiger charge is 2.22. The van der Waals surface area contributed by atoms with Gasteiger partial charge in [-0.3, -0.25) is 14.5 Å². The molecule has 1 aliphatic rings. The van der Waals surface area contributed by atoms with Crippen molar-refractivity contribution in [3.63, 3.8) is 0 Å². The van der Waals surface area contributed by atoms with E-state index in [1.54, 1.807) is 12.1 Å². The number of carbonyl (C=O) groups excluding carboxylic acids is 2. The van der Waals surface area contributed by atoms with Gasteiger partial charge in [-0.1, -0.05) is 35.5 Å². The van der Waals surface area contributed by atoms with E-state index < -0.39 is 0 Å². The number of benzene rings is 2. The van der Waals surface area contributed by atoms with Gasteiger partial charge in [-0.05, 0) is 31.0 Å². The quantitative estimate of drug-likeness (QED) is 0.709. The molecule has 2 amide bonds. The summed E-state index contributed by atoms with van der Waals surface area (Å²) in [7, 11) is 0. The number of primary amides is 1. The lowest BCUT2D eigenvalue weighted by Crippen LogP contribution is -2.46. The third kappa shape index (κ3) is 3.89. The predicted molar refractivity (Wildman–Crippen MR) is 106 cm³/mol. The van der Waals surface area contributed by atoms with Crippen molar-refractivity contribution in [3.05, 3.63) is 54.1 Å². The Bertz CT molecular complexity index is 991. The second-order valence-corrected chi connectivity index (χ2v) is 7.10. The zero-order valence-corrected chi connectivity index (χ0v) is 15.4. The molecular weight excluding hydrogens is 356 g/mol. The number of amides is 2. The average molecular weight is 378 g/mol. The summed E-state index contributed by atoms with van der Waals surface area (Å²) in [6.07, 6.45) is 1.59. The molecule has 0 unspecified atom stereocenters. The van der Waals surface area contributed by atoms with Gasteiger partial charge in [0.25, 0.3) is 5.91 Å². The first-order valence-electron chi connectivity index (χ1n) is 9.36. The van der Waals surface area contributed by atoms with Crippen LogP contribution in [0.1, 0.15) is 23.2 Å². The average Bonchev–Trinajstić information content (AvgIpc) is 3.13. The largest absolute Gasteiger partial charge is 0.369 e. The maximum atomic E-state index is 12.7. The fourth-order valence-corrected chi connectivity index (χ4v) is 3.61. The summed E-state index contributed by atoms with van der Waals surface area (Å²) in [6, 6.07) is 15.2. The Kier molecular flexibility index (Phi) is 5.08. The maximum Gasteiger partial charge on any atom is 0.251 e. The Hall–Kier alpha value is -3.19. The lowest BCUT2D eigenvalue weighted by molar-refractivity contribution is -0.119. The Labute approximate surface area is 162 Å². The number of nitrogens with two attached hydrogens (primary N) is 1. The molecule has 1 saturated heterocycles. The van der Waals surface area contributed by atoms with Crippen LogP contribution in [0.25, 0.3) is 22.2 Å². The van der Waals surface area contributed by atoms with Crippen LogP contribution >= 0.6 is 0 Å². The van der Waals surface area contributed by atoms with Crippen molar-refractivity contribution in [2.24, 2.45) is 5.73 Å². The SMILES string of the molecule is NC(=O)CN1CCC(NC(=O)c2ccc3noc(-c4ccccc4)c3c2)CC1. The topological polar surface area (TPSA) is 101 Å². The van der Waals surface area contributed by atoms with Gasteiger partial charge in [-0.2, -0.15) is 0 Å². The number of nitrogens with zero attached hydrogens (tertiary/aromatic N) is 2. The van der Waals surface area contributed by atoms with Gasteiger partial charge in [-0.15, -0.1) is 0 Å². The highest BCUT2D eigenvalue weighted by atomic mass is 16.5. The van der Waals surface area contributed by atoms with Gasteiger partial charge in [0, 0.05) is 30.3 Å². The predicted octanol–water partition coefficient (Wildman–Crippen LogP) is 2.17. The number of aromatic nitrogens is 1. The lowest BCUT2D eigenvalue weighted by Gasteiger charge is -2.31. The molecule has 0 saturated carbocycles.